The molecule has 0 aliphatic carbocycles. The average Bonchev–Trinajstić information content (AvgIpc) is 2.44. The van der Waals surface area contributed by atoms with Gasteiger partial charge in [0.1, 0.15) is 5.75 Å². The molecule has 112 valence electrons. The van der Waals surface area contributed by atoms with Gasteiger partial charge in [-0.05, 0) is 28.4 Å². The van der Waals surface area contributed by atoms with E-state index < -0.39 is 11.9 Å². The molecule has 8 heteroatoms. The number of benzene rings is 1. The standard InChI is InChI=1S/C13H10Br2O6/c1-3-7-4-8(18-6(2)16)5-9-10(7)20-12(14)11(19-9)13(17)21-15/h4-5H,3H2,1-2H3. The molecule has 0 bridgehead atoms. The van der Waals surface area contributed by atoms with E-state index in [4.69, 9.17) is 14.2 Å². The van der Waals surface area contributed by atoms with Gasteiger partial charge in [0, 0.05) is 18.6 Å². The highest BCUT2D eigenvalue weighted by molar-refractivity contribution is 9.11. The Hall–Kier alpha value is -1.54. The minimum atomic E-state index is -0.761. The predicted molar refractivity (Wildman–Crippen MR) is 79.4 cm³/mol. The highest BCUT2D eigenvalue weighted by atomic mass is 79.9. The van der Waals surface area contributed by atoms with Crippen molar-refractivity contribution in [2.24, 2.45) is 0 Å². The molecule has 21 heavy (non-hydrogen) atoms. The summed E-state index contributed by atoms with van der Waals surface area (Å²) >= 11 is 5.70. The molecule has 0 fully saturated rings. The monoisotopic (exact) mass is 420 g/mol. The van der Waals surface area contributed by atoms with Gasteiger partial charge in [-0.1, -0.05) is 6.92 Å². The molecule has 0 saturated heterocycles. The van der Waals surface area contributed by atoms with Crippen LogP contribution in [0.5, 0.6) is 17.2 Å². The van der Waals surface area contributed by atoms with Crippen LogP contribution in [0.3, 0.4) is 0 Å². The minimum absolute atomic E-state index is 0.106. The van der Waals surface area contributed by atoms with Crippen LogP contribution in [0, 0.1) is 0 Å². The molecule has 0 spiro atoms. The van der Waals surface area contributed by atoms with E-state index in [1.54, 1.807) is 6.07 Å². The minimum Gasteiger partial charge on any atom is -0.442 e. The summed E-state index contributed by atoms with van der Waals surface area (Å²) < 4.78 is 20.6. The zero-order chi connectivity index (χ0) is 15.6. The molecule has 0 amide bonds. The Balaban J connectivity index is 2.45. The van der Waals surface area contributed by atoms with Crippen LogP contribution < -0.4 is 14.2 Å². The third kappa shape index (κ3) is 3.38. The summed E-state index contributed by atoms with van der Waals surface area (Å²) in [5.41, 5.74) is 0.770. The lowest BCUT2D eigenvalue weighted by molar-refractivity contribution is -0.132. The van der Waals surface area contributed by atoms with Crippen LogP contribution in [0.2, 0.25) is 0 Å². The third-order valence-electron chi connectivity index (χ3n) is 2.59. The van der Waals surface area contributed by atoms with Crippen molar-refractivity contribution in [2.75, 3.05) is 0 Å². The van der Waals surface area contributed by atoms with Gasteiger partial charge in [-0.2, -0.15) is 0 Å². The van der Waals surface area contributed by atoms with E-state index in [2.05, 4.69) is 36.0 Å². The first-order valence-electron chi connectivity index (χ1n) is 5.90. The van der Waals surface area contributed by atoms with Crippen LogP contribution in [0.25, 0.3) is 0 Å². The maximum atomic E-state index is 11.6. The molecule has 1 heterocycles. The van der Waals surface area contributed by atoms with Crippen LogP contribution >= 0.6 is 32.2 Å². The average molecular weight is 422 g/mol. The Bertz CT molecular complexity index is 638. The smallest absolute Gasteiger partial charge is 0.390 e. The van der Waals surface area contributed by atoms with Gasteiger partial charge in [0.15, 0.2) is 27.8 Å². The lowest BCUT2D eigenvalue weighted by Crippen LogP contribution is -2.17. The SMILES string of the molecule is CCc1cc(OC(C)=O)cc2c1OC(Br)=C(C(=O)OBr)O2. The Kier molecular flexibility index (Phi) is 4.89. The first kappa shape index (κ1) is 15.8. The topological polar surface area (TPSA) is 71.1 Å². The zero-order valence-corrected chi connectivity index (χ0v) is 14.2. The quantitative estimate of drug-likeness (QED) is 0.550. The lowest BCUT2D eigenvalue weighted by Gasteiger charge is -2.22. The van der Waals surface area contributed by atoms with Gasteiger partial charge in [-0.25, -0.2) is 4.79 Å². The molecule has 0 N–H and O–H groups in total. The first-order chi connectivity index (χ1) is 9.96. The summed E-state index contributed by atoms with van der Waals surface area (Å²) in [7, 11) is 0. The largest absolute Gasteiger partial charge is 0.442 e. The number of fused-ring (bicyclic) bond motifs is 1. The van der Waals surface area contributed by atoms with Crippen LogP contribution in [-0.2, 0) is 19.8 Å². The molecule has 0 saturated carbocycles. The number of aryl methyl sites for hydroxylation is 1. The first-order valence-corrected chi connectivity index (χ1v) is 7.34. The fourth-order valence-corrected chi connectivity index (χ4v) is 2.31. The molecular weight excluding hydrogens is 412 g/mol. The van der Waals surface area contributed by atoms with E-state index in [9.17, 15) is 9.59 Å². The summed E-state index contributed by atoms with van der Waals surface area (Å²) in [5.74, 6) is -0.338. The lowest BCUT2D eigenvalue weighted by atomic mass is 10.1. The number of rotatable bonds is 3. The third-order valence-corrected chi connectivity index (χ3v) is 3.40. The summed E-state index contributed by atoms with van der Waals surface area (Å²) in [5, 5.41) is 0. The van der Waals surface area contributed by atoms with Crippen LogP contribution in [0.15, 0.2) is 22.6 Å². The molecule has 2 rings (SSSR count). The number of esters is 1. The number of carbonyl (C=O) groups excluding carboxylic acids is 2. The Morgan fingerprint density at radius 3 is 2.57 bits per heavy atom. The van der Waals surface area contributed by atoms with Crippen molar-refractivity contribution in [1.82, 2.24) is 0 Å². The zero-order valence-electron chi connectivity index (χ0n) is 11.1. The number of carbonyl (C=O) groups is 2. The van der Waals surface area contributed by atoms with Gasteiger partial charge in [-0.15, -0.1) is 0 Å². The molecule has 1 aliphatic rings. The van der Waals surface area contributed by atoms with E-state index in [0.29, 0.717) is 17.9 Å². The van der Waals surface area contributed by atoms with Crippen molar-refractivity contribution in [3.63, 3.8) is 0 Å². The number of hydrogen-bond acceptors (Lipinski definition) is 6. The van der Waals surface area contributed by atoms with Crippen molar-refractivity contribution in [1.29, 1.82) is 0 Å². The Morgan fingerprint density at radius 1 is 1.29 bits per heavy atom. The van der Waals surface area contributed by atoms with Gasteiger partial charge < -0.3 is 18.0 Å². The molecule has 0 radical (unpaired) electrons. The van der Waals surface area contributed by atoms with Crippen molar-refractivity contribution in [3.05, 3.63) is 28.1 Å². The van der Waals surface area contributed by atoms with Crippen LogP contribution in [-0.4, -0.2) is 11.9 Å². The van der Waals surface area contributed by atoms with E-state index >= 15 is 0 Å². The predicted octanol–water partition coefficient (Wildman–Crippen LogP) is 3.36. The molecule has 6 nitrogen and oxygen atoms in total. The van der Waals surface area contributed by atoms with Gasteiger partial charge in [0.2, 0.25) is 4.67 Å². The van der Waals surface area contributed by atoms with Crippen molar-refractivity contribution >= 4 is 44.1 Å². The summed E-state index contributed by atoms with van der Waals surface area (Å²) in [4.78, 5) is 22.6. The van der Waals surface area contributed by atoms with E-state index in [-0.39, 0.29) is 16.2 Å². The summed E-state index contributed by atoms with van der Waals surface area (Å²) in [6, 6.07) is 3.15. The second-order valence-electron chi connectivity index (χ2n) is 4.03. The summed E-state index contributed by atoms with van der Waals surface area (Å²) in [6.45, 7) is 3.21. The highest BCUT2D eigenvalue weighted by Gasteiger charge is 2.29. The molecule has 1 aromatic carbocycles. The molecule has 0 aromatic heterocycles. The number of hydrogen-bond donors (Lipinski definition) is 0. The molecule has 0 atom stereocenters. The van der Waals surface area contributed by atoms with Crippen LogP contribution in [0.1, 0.15) is 19.4 Å². The van der Waals surface area contributed by atoms with Gasteiger partial charge in [0.05, 0.1) is 0 Å². The second kappa shape index (κ2) is 6.48. The van der Waals surface area contributed by atoms with Gasteiger partial charge in [0.25, 0.3) is 5.76 Å². The number of halogens is 2. The molecule has 1 aliphatic heterocycles. The van der Waals surface area contributed by atoms with Crippen molar-refractivity contribution < 1.29 is 27.6 Å². The second-order valence-corrected chi connectivity index (χ2v) is 5.07. The van der Waals surface area contributed by atoms with Gasteiger partial charge >= 0.3 is 11.9 Å². The maximum Gasteiger partial charge on any atom is 0.390 e. The maximum absolute atomic E-state index is 11.6. The van der Waals surface area contributed by atoms with E-state index in [1.165, 1.54) is 13.0 Å². The molecular formula is C13H10Br2O6. The van der Waals surface area contributed by atoms with E-state index in [1.807, 2.05) is 6.92 Å². The molecule has 1 aromatic rings. The van der Waals surface area contributed by atoms with Gasteiger partial charge in [-0.3, -0.25) is 4.79 Å². The highest BCUT2D eigenvalue weighted by Crippen LogP contribution is 2.43. The fraction of sp³-hybridized carbons (Fsp3) is 0.231. The molecule has 0 unspecified atom stereocenters. The Labute approximate surface area is 137 Å². The van der Waals surface area contributed by atoms with Crippen molar-refractivity contribution in [2.45, 2.75) is 20.3 Å². The summed E-state index contributed by atoms with van der Waals surface area (Å²) in [6.07, 6.45) is 0.624. The number of ether oxygens (including phenoxy) is 3. The fourth-order valence-electron chi connectivity index (χ4n) is 1.75. The Morgan fingerprint density at radius 2 is 2.00 bits per heavy atom. The van der Waals surface area contributed by atoms with Crippen LogP contribution in [0.4, 0.5) is 0 Å². The normalized spacial score (nSPS) is 13.0. The van der Waals surface area contributed by atoms with E-state index in [0.717, 1.165) is 5.56 Å². The van der Waals surface area contributed by atoms with Crippen molar-refractivity contribution in [3.8, 4) is 17.2 Å².